The Labute approximate surface area is 168 Å². The summed E-state index contributed by atoms with van der Waals surface area (Å²) in [6.07, 6.45) is -4.63. The number of ether oxygens (including phenoxy) is 1. The number of amides is 1. The Hall–Kier alpha value is -2.42. The molecule has 0 fully saturated rings. The van der Waals surface area contributed by atoms with Gasteiger partial charge in [0.15, 0.2) is 11.4 Å². The topological polar surface area (TPSA) is 68.3 Å². The molecule has 150 valence electrons. The van der Waals surface area contributed by atoms with E-state index in [1.54, 1.807) is 24.3 Å². The van der Waals surface area contributed by atoms with E-state index in [9.17, 15) is 22.8 Å². The fourth-order valence-corrected chi connectivity index (χ4v) is 2.66. The number of benzene rings is 1. The zero-order valence-corrected chi connectivity index (χ0v) is 16.9. The van der Waals surface area contributed by atoms with Crippen molar-refractivity contribution in [1.29, 1.82) is 0 Å². The van der Waals surface area contributed by atoms with Gasteiger partial charge in [0.2, 0.25) is 5.88 Å². The second-order valence-corrected chi connectivity index (χ2v) is 7.46. The summed E-state index contributed by atoms with van der Waals surface area (Å²) in [5, 5.41) is 2.52. The van der Waals surface area contributed by atoms with Crippen LogP contribution in [-0.2, 0) is 11.0 Å². The normalized spacial score (nSPS) is 13.0. The zero-order valence-electron chi connectivity index (χ0n) is 15.3. The summed E-state index contributed by atoms with van der Waals surface area (Å²) in [5.41, 5.74) is -2.27. The van der Waals surface area contributed by atoms with E-state index in [4.69, 9.17) is 4.74 Å². The van der Waals surface area contributed by atoms with Crippen molar-refractivity contribution in [2.75, 3.05) is 0 Å². The van der Waals surface area contributed by atoms with Crippen LogP contribution >= 0.6 is 15.9 Å². The number of nitrogens with one attached hydrogen (secondary N) is 1. The Morgan fingerprint density at radius 3 is 2.39 bits per heavy atom. The van der Waals surface area contributed by atoms with Crippen LogP contribution in [0.1, 0.15) is 36.8 Å². The van der Waals surface area contributed by atoms with Crippen LogP contribution < -0.4 is 10.1 Å². The molecule has 5 nitrogen and oxygen atoms in total. The number of carbonyl (C=O) groups excluding carboxylic acids is 2. The van der Waals surface area contributed by atoms with Gasteiger partial charge < -0.3 is 10.1 Å². The summed E-state index contributed by atoms with van der Waals surface area (Å²) in [5.74, 6) is -1.33. The van der Waals surface area contributed by atoms with Crippen LogP contribution in [0.5, 0.6) is 5.88 Å². The molecule has 1 amide bonds. The fraction of sp³-hybridized carbons (Fsp3) is 0.316. The Kier molecular flexibility index (Phi) is 6.48. The molecule has 28 heavy (non-hydrogen) atoms. The minimum atomic E-state index is -4.63. The summed E-state index contributed by atoms with van der Waals surface area (Å²) in [6, 6.07) is 9.00. The van der Waals surface area contributed by atoms with Crippen LogP contribution in [0.15, 0.2) is 46.9 Å². The van der Waals surface area contributed by atoms with Crippen LogP contribution in [0.3, 0.4) is 0 Å². The second kappa shape index (κ2) is 8.30. The van der Waals surface area contributed by atoms with Crippen molar-refractivity contribution in [1.82, 2.24) is 10.3 Å². The molecule has 0 aliphatic rings. The van der Waals surface area contributed by atoms with Crippen molar-refractivity contribution >= 4 is 27.6 Å². The van der Waals surface area contributed by atoms with E-state index in [1.165, 1.54) is 26.8 Å². The molecule has 1 aromatic heterocycles. The standard InChI is InChI=1S/C19H18BrF3N2O3/c1-11(16(26)12-6-4-7-13(20)10-12)24-17(27)18(2,3)28-15-9-5-8-14(25-15)19(21,22)23/h4-11H,1-3H3,(H,24,27)/t11-/m0/s1. The lowest BCUT2D eigenvalue weighted by atomic mass is 10.0. The largest absolute Gasteiger partial charge is 0.462 e. The maximum atomic E-state index is 12.8. The molecule has 0 saturated carbocycles. The number of Topliss-reactive ketones (excluding diaryl/α,β-unsaturated/α-hetero) is 1. The highest BCUT2D eigenvalue weighted by Gasteiger charge is 2.35. The highest BCUT2D eigenvalue weighted by atomic mass is 79.9. The lowest BCUT2D eigenvalue weighted by molar-refractivity contribution is -0.141. The van der Waals surface area contributed by atoms with Crippen molar-refractivity contribution in [2.24, 2.45) is 0 Å². The quantitative estimate of drug-likeness (QED) is 0.651. The van der Waals surface area contributed by atoms with Gasteiger partial charge in [0.25, 0.3) is 5.91 Å². The van der Waals surface area contributed by atoms with E-state index in [0.717, 1.165) is 16.6 Å². The minimum Gasteiger partial charge on any atom is -0.462 e. The molecule has 0 spiro atoms. The van der Waals surface area contributed by atoms with Gasteiger partial charge in [-0.05, 0) is 39.0 Å². The lowest BCUT2D eigenvalue weighted by Gasteiger charge is -2.26. The summed E-state index contributed by atoms with van der Waals surface area (Å²) in [6.45, 7) is 4.26. The summed E-state index contributed by atoms with van der Waals surface area (Å²) >= 11 is 3.27. The summed E-state index contributed by atoms with van der Waals surface area (Å²) in [4.78, 5) is 28.4. The molecule has 1 atom stereocenters. The first-order valence-corrected chi connectivity index (χ1v) is 9.03. The predicted molar refractivity (Wildman–Crippen MR) is 100 cm³/mol. The molecule has 1 aromatic carbocycles. The van der Waals surface area contributed by atoms with Crippen molar-refractivity contribution in [3.63, 3.8) is 0 Å². The number of hydrogen-bond donors (Lipinski definition) is 1. The van der Waals surface area contributed by atoms with Crippen molar-refractivity contribution in [3.05, 3.63) is 58.2 Å². The van der Waals surface area contributed by atoms with Crippen LogP contribution in [0, 0.1) is 0 Å². The van der Waals surface area contributed by atoms with Gasteiger partial charge in [-0.2, -0.15) is 13.2 Å². The van der Waals surface area contributed by atoms with Gasteiger partial charge in [-0.15, -0.1) is 0 Å². The number of rotatable bonds is 6. The van der Waals surface area contributed by atoms with Gasteiger partial charge in [0.05, 0.1) is 6.04 Å². The van der Waals surface area contributed by atoms with Crippen molar-refractivity contribution in [2.45, 2.75) is 38.6 Å². The number of hydrogen-bond acceptors (Lipinski definition) is 4. The number of pyridine rings is 1. The number of alkyl halides is 3. The van der Waals surface area contributed by atoms with Crippen LogP contribution in [0.25, 0.3) is 0 Å². The van der Waals surface area contributed by atoms with Crippen LogP contribution in [0.2, 0.25) is 0 Å². The summed E-state index contributed by atoms with van der Waals surface area (Å²) in [7, 11) is 0. The highest BCUT2D eigenvalue weighted by molar-refractivity contribution is 9.10. The third kappa shape index (κ3) is 5.54. The van der Waals surface area contributed by atoms with Crippen molar-refractivity contribution in [3.8, 4) is 5.88 Å². The van der Waals surface area contributed by atoms with E-state index in [2.05, 4.69) is 26.2 Å². The first-order valence-electron chi connectivity index (χ1n) is 8.24. The number of carbonyl (C=O) groups is 2. The molecular weight excluding hydrogens is 441 g/mol. The number of aromatic nitrogens is 1. The molecule has 2 aromatic rings. The first-order chi connectivity index (χ1) is 12.9. The van der Waals surface area contributed by atoms with Gasteiger partial charge >= 0.3 is 6.18 Å². The molecule has 1 N–H and O–H groups in total. The third-order valence-electron chi connectivity index (χ3n) is 3.77. The summed E-state index contributed by atoms with van der Waals surface area (Å²) < 4.78 is 44.4. The van der Waals surface area contributed by atoms with Gasteiger partial charge in [-0.25, -0.2) is 4.98 Å². The fourth-order valence-electron chi connectivity index (χ4n) is 2.27. The maximum absolute atomic E-state index is 12.8. The molecule has 9 heteroatoms. The van der Waals surface area contributed by atoms with Crippen LogP contribution in [-0.4, -0.2) is 28.3 Å². The Balaban J connectivity index is 2.09. The molecule has 0 saturated heterocycles. The number of halogens is 4. The number of ketones is 1. The molecule has 1 heterocycles. The Bertz CT molecular complexity index is 885. The highest BCUT2D eigenvalue weighted by Crippen LogP contribution is 2.29. The SMILES string of the molecule is C[C@H](NC(=O)C(C)(C)Oc1cccc(C(F)(F)F)n1)C(=O)c1cccc(Br)c1. The first kappa shape index (κ1) is 21.9. The van der Waals surface area contributed by atoms with Gasteiger partial charge in [0, 0.05) is 16.1 Å². The zero-order chi connectivity index (χ0) is 21.1. The predicted octanol–water partition coefficient (Wildman–Crippen LogP) is 4.41. The van der Waals surface area contributed by atoms with E-state index < -0.39 is 29.4 Å². The molecule has 0 aliphatic heterocycles. The van der Waals surface area contributed by atoms with E-state index >= 15 is 0 Å². The van der Waals surface area contributed by atoms with E-state index in [-0.39, 0.29) is 11.7 Å². The van der Waals surface area contributed by atoms with Gasteiger partial charge in [0.1, 0.15) is 5.69 Å². The van der Waals surface area contributed by atoms with Gasteiger partial charge in [-0.1, -0.05) is 34.1 Å². The molecular formula is C19H18BrF3N2O3. The molecule has 0 bridgehead atoms. The van der Waals surface area contributed by atoms with E-state index in [0.29, 0.717) is 5.56 Å². The second-order valence-electron chi connectivity index (χ2n) is 6.54. The number of nitrogens with zero attached hydrogens (tertiary/aromatic N) is 1. The van der Waals surface area contributed by atoms with E-state index in [1.807, 2.05) is 0 Å². The molecule has 2 rings (SSSR count). The van der Waals surface area contributed by atoms with Crippen LogP contribution in [0.4, 0.5) is 13.2 Å². The van der Waals surface area contributed by atoms with Crippen molar-refractivity contribution < 1.29 is 27.5 Å². The third-order valence-corrected chi connectivity index (χ3v) is 4.26. The maximum Gasteiger partial charge on any atom is 0.433 e. The monoisotopic (exact) mass is 458 g/mol. The molecule has 0 unspecified atom stereocenters. The van der Waals surface area contributed by atoms with Gasteiger partial charge in [-0.3, -0.25) is 9.59 Å². The molecule has 0 radical (unpaired) electrons. The Morgan fingerprint density at radius 2 is 1.79 bits per heavy atom. The molecule has 0 aliphatic carbocycles. The lowest BCUT2D eigenvalue weighted by Crippen LogP contribution is -2.51. The average molecular weight is 459 g/mol. The smallest absolute Gasteiger partial charge is 0.433 e. The Morgan fingerprint density at radius 1 is 1.14 bits per heavy atom. The minimum absolute atomic E-state index is 0.317. The average Bonchev–Trinajstić information content (AvgIpc) is 2.60.